The van der Waals surface area contributed by atoms with Crippen LogP contribution < -0.4 is 0 Å². The van der Waals surface area contributed by atoms with E-state index in [2.05, 4.69) is 27.0 Å². The van der Waals surface area contributed by atoms with Crippen LogP contribution in [0.3, 0.4) is 0 Å². The van der Waals surface area contributed by atoms with Crippen molar-refractivity contribution in [1.29, 1.82) is 5.26 Å². The lowest BCUT2D eigenvalue weighted by Gasteiger charge is -2.12. The van der Waals surface area contributed by atoms with Gasteiger partial charge in [-0.15, -0.1) is 0 Å². The van der Waals surface area contributed by atoms with Crippen molar-refractivity contribution >= 4 is 20.6 Å². The maximum Gasteiger partial charge on any atom is 0.143 e. The summed E-state index contributed by atoms with van der Waals surface area (Å²) in [6.45, 7) is 1.98. The Labute approximate surface area is 68.4 Å². The van der Waals surface area contributed by atoms with Crippen LogP contribution >= 0.6 is 15.9 Å². The number of nitriles is 1. The van der Waals surface area contributed by atoms with Gasteiger partial charge in [0, 0.05) is 5.92 Å². The molecule has 1 aliphatic heterocycles. The molecular weight excluding hydrogens is 192 g/mol. The Morgan fingerprint density at radius 3 is 3.00 bits per heavy atom. The standard InChI is InChI=1S/C7H7BrN2/c1-5-2-3-7(8)10-6(5)4-9/h2-3,5-6H,1H3. The molecule has 0 aromatic carbocycles. The fraction of sp³-hybridized carbons (Fsp3) is 0.429. The molecule has 0 fully saturated rings. The lowest BCUT2D eigenvalue weighted by Crippen LogP contribution is -2.15. The molecule has 0 N–H and O–H groups in total. The molecule has 2 atom stereocenters. The van der Waals surface area contributed by atoms with Crippen molar-refractivity contribution in [2.24, 2.45) is 10.9 Å². The zero-order valence-electron chi connectivity index (χ0n) is 5.58. The SMILES string of the molecule is CC1C=CC(Br)=NC1C#N. The Hall–Kier alpha value is -0.620. The van der Waals surface area contributed by atoms with E-state index in [1.807, 2.05) is 19.1 Å². The molecule has 0 aliphatic carbocycles. The van der Waals surface area contributed by atoms with Crippen LogP contribution in [0.5, 0.6) is 0 Å². The van der Waals surface area contributed by atoms with Crippen molar-refractivity contribution in [3.05, 3.63) is 12.2 Å². The van der Waals surface area contributed by atoms with Gasteiger partial charge in [0.25, 0.3) is 0 Å². The van der Waals surface area contributed by atoms with E-state index in [4.69, 9.17) is 5.26 Å². The summed E-state index contributed by atoms with van der Waals surface area (Å²) >= 11 is 3.21. The summed E-state index contributed by atoms with van der Waals surface area (Å²) in [5.74, 6) is 0.242. The maximum absolute atomic E-state index is 8.57. The zero-order valence-corrected chi connectivity index (χ0v) is 7.17. The molecule has 0 saturated heterocycles. The monoisotopic (exact) mass is 198 g/mol. The largest absolute Gasteiger partial charge is 0.259 e. The third kappa shape index (κ3) is 1.45. The smallest absolute Gasteiger partial charge is 0.143 e. The fourth-order valence-corrected chi connectivity index (χ4v) is 1.15. The molecule has 2 unspecified atom stereocenters. The van der Waals surface area contributed by atoms with E-state index in [1.54, 1.807) is 0 Å². The molecule has 1 heterocycles. The van der Waals surface area contributed by atoms with Crippen LogP contribution in [-0.2, 0) is 0 Å². The molecule has 52 valence electrons. The normalized spacial score (nSPS) is 31.1. The van der Waals surface area contributed by atoms with Crippen LogP contribution in [0.25, 0.3) is 0 Å². The van der Waals surface area contributed by atoms with Gasteiger partial charge in [-0.1, -0.05) is 13.0 Å². The third-order valence-corrected chi connectivity index (χ3v) is 1.90. The molecule has 10 heavy (non-hydrogen) atoms. The lowest BCUT2D eigenvalue weighted by molar-refractivity contribution is 0.639. The molecule has 0 aromatic heterocycles. The summed E-state index contributed by atoms with van der Waals surface area (Å²) in [5, 5.41) is 8.57. The van der Waals surface area contributed by atoms with Crippen molar-refractivity contribution in [3.63, 3.8) is 0 Å². The van der Waals surface area contributed by atoms with Gasteiger partial charge in [0.15, 0.2) is 0 Å². The molecule has 0 bridgehead atoms. The van der Waals surface area contributed by atoms with E-state index >= 15 is 0 Å². The quantitative estimate of drug-likeness (QED) is 0.586. The van der Waals surface area contributed by atoms with E-state index in [9.17, 15) is 0 Å². The Morgan fingerprint density at radius 2 is 2.50 bits per heavy atom. The lowest BCUT2D eigenvalue weighted by atomic mass is 10.0. The Bertz CT molecular complexity index is 224. The second-order valence-electron chi connectivity index (χ2n) is 2.24. The first-order valence-corrected chi connectivity index (χ1v) is 3.84. The molecule has 0 aromatic rings. The van der Waals surface area contributed by atoms with Gasteiger partial charge in [0.05, 0.1) is 6.07 Å². The second-order valence-corrected chi connectivity index (χ2v) is 3.06. The van der Waals surface area contributed by atoms with Gasteiger partial charge in [-0.3, -0.25) is 4.99 Å². The molecule has 1 aliphatic rings. The molecule has 2 nitrogen and oxygen atoms in total. The Morgan fingerprint density at radius 1 is 1.80 bits per heavy atom. The number of hydrogen-bond donors (Lipinski definition) is 0. The maximum atomic E-state index is 8.57. The highest BCUT2D eigenvalue weighted by Crippen LogP contribution is 2.15. The van der Waals surface area contributed by atoms with E-state index < -0.39 is 0 Å². The highest BCUT2D eigenvalue weighted by atomic mass is 79.9. The molecule has 0 saturated carbocycles. The highest BCUT2D eigenvalue weighted by Gasteiger charge is 2.15. The van der Waals surface area contributed by atoms with Gasteiger partial charge in [0.2, 0.25) is 0 Å². The van der Waals surface area contributed by atoms with Crippen LogP contribution in [-0.4, -0.2) is 10.7 Å². The van der Waals surface area contributed by atoms with Crippen LogP contribution in [0.2, 0.25) is 0 Å². The van der Waals surface area contributed by atoms with Crippen molar-refractivity contribution in [3.8, 4) is 6.07 Å². The second kappa shape index (κ2) is 2.98. The van der Waals surface area contributed by atoms with Crippen molar-refractivity contribution in [2.75, 3.05) is 0 Å². The van der Waals surface area contributed by atoms with E-state index in [0.717, 1.165) is 4.62 Å². The summed E-state index contributed by atoms with van der Waals surface area (Å²) in [5.41, 5.74) is 0. The predicted octanol–water partition coefficient (Wildman–Crippen LogP) is 1.88. The summed E-state index contributed by atoms with van der Waals surface area (Å²) in [6.07, 6.45) is 3.85. The van der Waals surface area contributed by atoms with Crippen LogP contribution in [0.1, 0.15) is 6.92 Å². The summed E-state index contributed by atoms with van der Waals surface area (Å²) in [7, 11) is 0. The molecule has 0 radical (unpaired) electrons. The van der Waals surface area contributed by atoms with Crippen LogP contribution in [0, 0.1) is 17.2 Å². The van der Waals surface area contributed by atoms with Gasteiger partial charge in [-0.2, -0.15) is 5.26 Å². The van der Waals surface area contributed by atoms with E-state index in [0.29, 0.717) is 0 Å². The van der Waals surface area contributed by atoms with Gasteiger partial charge >= 0.3 is 0 Å². The number of rotatable bonds is 0. The van der Waals surface area contributed by atoms with Gasteiger partial charge in [-0.25, -0.2) is 0 Å². The molecule has 1 rings (SSSR count). The van der Waals surface area contributed by atoms with Crippen LogP contribution in [0.4, 0.5) is 0 Å². The Balaban J connectivity index is 2.79. The minimum atomic E-state index is -0.209. The first-order valence-electron chi connectivity index (χ1n) is 3.05. The zero-order chi connectivity index (χ0) is 7.56. The number of nitrogens with zero attached hydrogens (tertiary/aromatic N) is 2. The van der Waals surface area contributed by atoms with Gasteiger partial charge in [-0.05, 0) is 22.0 Å². The molecule has 0 amide bonds. The fourth-order valence-electron chi connectivity index (χ4n) is 0.776. The Kier molecular flexibility index (Phi) is 2.23. The third-order valence-electron chi connectivity index (χ3n) is 1.43. The van der Waals surface area contributed by atoms with E-state index in [-0.39, 0.29) is 12.0 Å². The topological polar surface area (TPSA) is 36.1 Å². The number of aliphatic imine (C=N–C) groups is 1. The molecule has 0 spiro atoms. The first kappa shape index (κ1) is 7.49. The van der Waals surface area contributed by atoms with Crippen molar-refractivity contribution in [2.45, 2.75) is 13.0 Å². The number of hydrogen-bond acceptors (Lipinski definition) is 2. The average Bonchev–Trinajstić information content (AvgIpc) is 1.94. The number of allylic oxidation sites excluding steroid dienone is 1. The van der Waals surface area contributed by atoms with Gasteiger partial charge < -0.3 is 0 Å². The summed E-state index contributed by atoms with van der Waals surface area (Å²) in [4.78, 5) is 4.07. The minimum Gasteiger partial charge on any atom is -0.259 e. The van der Waals surface area contributed by atoms with Crippen molar-refractivity contribution < 1.29 is 0 Å². The molecule has 3 heteroatoms. The van der Waals surface area contributed by atoms with Crippen LogP contribution in [0.15, 0.2) is 17.1 Å². The van der Waals surface area contributed by atoms with Crippen molar-refractivity contribution in [1.82, 2.24) is 0 Å². The number of dihydropyridines is 1. The van der Waals surface area contributed by atoms with E-state index in [1.165, 1.54) is 0 Å². The highest BCUT2D eigenvalue weighted by molar-refractivity contribution is 9.18. The predicted molar refractivity (Wildman–Crippen MR) is 44.1 cm³/mol. The minimum absolute atomic E-state index is 0.209. The number of halogens is 1. The summed E-state index contributed by atoms with van der Waals surface area (Å²) < 4.78 is 0.761. The molecular formula is C7H7BrN2. The first-order chi connectivity index (χ1) is 4.74. The summed E-state index contributed by atoms with van der Waals surface area (Å²) in [6, 6.07) is 1.91. The van der Waals surface area contributed by atoms with Gasteiger partial charge in [0.1, 0.15) is 10.7 Å². The average molecular weight is 199 g/mol.